The molecular weight excluding hydrogens is 388 g/mol. The van der Waals surface area contributed by atoms with E-state index >= 15 is 0 Å². The number of rotatable bonds is 3. The van der Waals surface area contributed by atoms with Gasteiger partial charge in [0, 0.05) is 12.0 Å². The smallest absolute Gasteiger partial charge is 0.334 e. The molecule has 28 heavy (non-hydrogen) atoms. The third-order valence-corrected chi connectivity index (χ3v) is 7.78. The highest BCUT2D eigenvalue weighted by atomic mass is 35.5. The zero-order chi connectivity index (χ0) is 20.8. The summed E-state index contributed by atoms with van der Waals surface area (Å²) in [5.41, 5.74) is -2.45. The van der Waals surface area contributed by atoms with Gasteiger partial charge in [-0.2, -0.15) is 0 Å². The first-order valence-corrected chi connectivity index (χ1v) is 9.92. The number of alkyl halides is 1. The molecule has 2 saturated heterocycles. The third-order valence-electron chi connectivity index (χ3n) is 6.96. The van der Waals surface area contributed by atoms with Crippen LogP contribution in [0.4, 0.5) is 0 Å². The molecule has 3 fully saturated rings. The standard InChI is InChI=1S/C20H25ClO7/c1-6-8(2)16(23)26-10-7-18(4,25)20(21)13(19(5)15(28-19)14(20)22)12-11(10)9(3)17(24)27-12/h8,10-13,22,25H,3,6-7H2,1-2,4-5H3/t8?,10-,11+,12+,13-,18-,19+,20?/m0/s1. The molecule has 2 unspecified atom stereocenters. The fourth-order valence-electron chi connectivity index (χ4n) is 5.03. The van der Waals surface area contributed by atoms with Crippen molar-refractivity contribution in [3.05, 3.63) is 23.7 Å². The molecule has 4 aliphatic rings. The van der Waals surface area contributed by atoms with Crippen molar-refractivity contribution in [2.24, 2.45) is 17.8 Å². The molecular formula is C20H25ClO7. The summed E-state index contributed by atoms with van der Waals surface area (Å²) < 4.78 is 16.9. The molecule has 4 rings (SSSR count). The molecule has 8 atom stereocenters. The second-order valence-corrected chi connectivity index (χ2v) is 9.36. The highest BCUT2D eigenvalue weighted by molar-refractivity contribution is 6.27. The lowest BCUT2D eigenvalue weighted by atomic mass is 9.73. The van der Waals surface area contributed by atoms with Gasteiger partial charge in [0.25, 0.3) is 0 Å². The number of aliphatic hydroxyl groups excluding tert-OH is 1. The number of carbonyl (C=O) groups excluding carboxylic acids is 2. The van der Waals surface area contributed by atoms with Gasteiger partial charge in [-0.15, -0.1) is 11.6 Å². The molecule has 154 valence electrons. The van der Waals surface area contributed by atoms with Crippen molar-refractivity contribution in [3.63, 3.8) is 0 Å². The first kappa shape index (κ1) is 19.6. The molecule has 2 heterocycles. The maximum atomic E-state index is 12.5. The molecule has 7 nitrogen and oxygen atoms in total. The lowest BCUT2D eigenvalue weighted by Gasteiger charge is -2.43. The zero-order valence-corrected chi connectivity index (χ0v) is 17.1. The van der Waals surface area contributed by atoms with E-state index in [-0.39, 0.29) is 23.7 Å². The Kier molecular flexibility index (Phi) is 3.96. The molecule has 0 amide bonds. The van der Waals surface area contributed by atoms with Crippen molar-refractivity contribution in [1.29, 1.82) is 0 Å². The van der Waals surface area contributed by atoms with E-state index in [9.17, 15) is 19.8 Å². The van der Waals surface area contributed by atoms with Crippen molar-refractivity contribution >= 4 is 23.5 Å². The highest BCUT2D eigenvalue weighted by Gasteiger charge is 2.81. The Morgan fingerprint density at radius 2 is 2.11 bits per heavy atom. The van der Waals surface area contributed by atoms with E-state index in [2.05, 4.69) is 6.58 Å². The maximum Gasteiger partial charge on any atom is 0.334 e. The summed E-state index contributed by atoms with van der Waals surface area (Å²) in [4.78, 5) is 23.2. The number of epoxide rings is 1. The summed E-state index contributed by atoms with van der Waals surface area (Å²) in [5, 5.41) is 22.1. The van der Waals surface area contributed by atoms with Crippen LogP contribution in [0, 0.1) is 17.8 Å². The predicted octanol–water partition coefficient (Wildman–Crippen LogP) is 2.36. The van der Waals surface area contributed by atoms with Gasteiger partial charge in [0.2, 0.25) is 0 Å². The van der Waals surface area contributed by atoms with E-state index in [1.165, 1.54) is 6.92 Å². The Hall–Kier alpha value is -1.73. The summed E-state index contributed by atoms with van der Waals surface area (Å²) in [7, 11) is 0. The van der Waals surface area contributed by atoms with Crippen molar-refractivity contribution in [3.8, 4) is 0 Å². The van der Waals surface area contributed by atoms with Gasteiger partial charge in [-0.3, -0.25) is 4.79 Å². The van der Waals surface area contributed by atoms with Gasteiger partial charge in [0.05, 0.1) is 23.4 Å². The van der Waals surface area contributed by atoms with Gasteiger partial charge >= 0.3 is 11.9 Å². The van der Waals surface area contributed by atoms with Crippen molar-refractivity contribution in [2.75, 3.05) is 0 Å². The quantitative estimate of drug-likeness (QED) is 0.317. The Bertz CT molecular complexity index is 817. The van der Waals surface area contributed by atoms with Crippen LogP contribution in [0.1, 0.15) is 40.5 Å². The Labute approximate surface area is 168 Å². The van der Waals surface area contributed by atoms with E-state index in [0.717, 1.165) is 0 Å². The van der Waals surface area contributed by atoms with Gasteiger partial charge in [-0.05, 0) is 20.3 Å². The molecule has 0 aromatic carbocycles. The number of halogens is 1. The largest absolute Gasteiger partial charge is 0.507 e. The van der Waals surface area contributed by atoms with Crippen LogP contribution in [-0.2, 0) is 23.8 Å². The van der Waals surface area contributed by atoms with Gasteiger partial charge < -0.3 is 24.4 Å². The van der Waals surface area contributed by atoms with Crippen LogP contribution in [0.5, 0.6) is 0 Å². The number of esters is 2. The minimum atomic E-state index is -1.66. The van der Waals surface area contributed by atoms with Crippen LogP contribution in [0.15, 0.2) is 23.7 Å². The first-order chi connectivity index (χ1) is 12.9. The molecule has 0 radical (unpaired) electrons. The summed E-state index contributed by atoms with van der Waals surface area (Å²) in [6.07, 6.45) is -1.22. The Balaban J connectivity index is 1.81. The van der Waals surface area contributed by atoms with Crippen LogP contribution >= 0.6 is 11.6 Å². The summed E-state index contributed by atoms with van der Waals surface area (Å²) in [6, 6.07) is 0. The molecule has 2 aliphatic heterocycles. The average molecular weight is 413 g/mol. The van der Waals surface area contributed by atoms with Crippen molar-refractivity contribution < 1.29 is 34.0 Å². The predicted molar refractivity (Wildman–Crippen MR) is 98.3 cm³/mol. The normalized spacial score (nSPS) is 47.4. The van der Waals surface area contributed by atoms with Gasteiger partial charge in [0.15, 0.2) is 17.1 Å². The molecule has 2 N–H and O–H groups in total. The average Bonchev–Trinajstić information content (AvgIpc) is 3.17. The van der Waals surface area contributed by atoms with E-state index in [0.29, 0.717) is 12.2 Å². The van der Waals surface area contributed by atoms with Crippen LogP contribution in [-0.4, -0.2) is 50.4 Å². The Morgan fingerprint density at radius 1 is 1.46 bits per heavy atom. The minimum Gasteiger partial charge on any atom is -0.507 e. The zero-order valence-electron chi connectivity index (χ0n) is 16.3. The van der Waals surface area contributed by atoms with E-state index in [1.54, 1.807) is 13.8 Å². The summed E-state index contributed by atoms with van der Waals surface area (Å²) in [5.74, 6) is -2.77. The second-order valence-electron chi connectivity index (χ2n) is 8.76. The number of fused-ring (bicyclic) bond motifs is 5. The van der Waals surface area contributed by atoms with Gasteiger partial charge in [0.1, 0.15) is 17.1 Å². The first-order valence-electron chi connectivity index (χ1n) is 9.55. The molecule has 8 heteroatoms. The minimum absolute atomic E-state index is 0.0839. The number of hydrogen-bond donors (Lipinski definition) is 2. The maximum absolute atomic E-state index is 12.5. The third kappa shape index (κ3) is 2.20. The van der Waals surface area contributed by atoms with Crippen LogP contribution in [0.3, 0.4) is 0 Å². The summed E-state index contributed by atoms with van der Waals surface area (Å²) >= 11 is 6.89. The lowest BCUT2D eigenvalue weighted by molar-refractivity contribution is -0.159. The van der Waals surface area contributed by atoms with Gasteiger partial charge in [-0.25, -0.2) is 4.79 Å². The topological polar surface area (TPSA) is 106 Å². The molecule has 0 aromatic rings. The fraction of sp³-hybridized carbons (Fsp3) is 0.700. The van der Waals surface area contributed by atoms with Crippen molar-refractivity contribution in [1.82, 2.24) is 0 Å². The Morgan fingerprint density at radius 3 is 2.71 bits per heavy atom. The summed E-state index contributed by atoms with van der Waals surface area (Å²) in [6.45, 7) is 10.7. The number of ether oxygens (including phenoxy) is 3. The van der Waals surface area contributed by atoms with E-state index < -0.39 is 52.1 Å². The molecule has 0 aromatic heterocycles. The molecule has 0 spiro atoms. The monoisotopic (exact) mass is 412 g/mol. The fourth-order valence-corrected chi connectivity index (χ4v) is 5.52. The van der Waals surface area contributed by atoms with Crippen LogP contribution in [0.25, 0.3) is 0 Å². The SMILES string of the molecule is C=C1C(=O)O[C@@H]2[C@H]1[C@@H](OC(=O)C(C)CC)C[C@](C)(O)C1(Cl)C(O)=C3O[C@]3(C)[C@H]21. The van der Waals surface area contributed by atoms with Gasteiger partial charge in [-0.1, -0.05) is 20.4 Å². The number of hydrogen-bond acceptors (Lipinski definition) is 7. The van der Waals surface area contributed by atoms with E-state index in [4.69, 9.17) is 25.8 Å². The highest BCUT2D eigenvalue weighted by Crippen LogP contribution is 2.69. The van der Waals surface area contributed by atoms with E-state index in [1.807, 2.05) is 6.92 Å². The van der Waals surface area contributed by atoms with Crippen LogP contribution < -0.4 is 0 Å². The van der Waals surface area contributed by atoms with Crippen LogP contribution in [0.2, 0.25) is 0 Å². The second kappa shape index (κ2) is 5.66. The molecule has 0 bridgehead atoms. The number of aliphatic hydroxyl groups is 2. The molecule has 2 aliphatic carbocycles. The lowest BCUT2D eigenvalue weighted by Crippen LogP contribution is -2.57. The van der Waals surface area contributed by atoms with Crippen molar-refractivity contribution in [2.45, 2.75) is 68.8 Å². The number of carbonyl (C=O) groups is 2. The molecule has 1 saturated carbocycles.